The number of rotatable bonds is 7. The van der Waals surface area contributed by atoms with Crippen molar-refractivity contribution in [2.75, 3.05) is 5.32 Å². The highest BCUT2D eigenvalue weighted by molar-refractivity contribution is 6.33. The molecule has 1 unspecified atom stereocenters. The van der Waals surface area contributed by atoms with Gasteiger partial charge in [-0.1, -0.05) is 30.7 Å². The van der Waals surface area contributed by atoms with Crippen LogP contribution in [0.25, 0.3) is 0 Å². The standard InChI is InChI=1S/C21H20ClF4N5O/c1-12(9-31-17(14-4-5-14)8-18(28-31)21(24,25)26)20(32)27-19-16(22)11-30(29-19)10-13-2-6-15(23)7-3-13/h2-3,6-8,11-12,14H,4-5,9-10H2,1H3,(H,27,29,32). The van der Waals surface area contributed by atoms with Crippen LogP contribution in [-0.2, 0) is 24.1 Å². The molecule has 6 nitrogen and oxygen atoms in total. The number of alkyl halides is 3. The summed E-state index contributed by atoms with van der Waals surface area (Å²) in [6.45, 7) is 1.93. The molecule has 0 spiro atoms. The Morgan fingerprint density at radius 2 is 1.94 bits per heavy atom. The number of amides is 1. The van der Waals surface area contributed by atoms with Crippen LogP contribution >= 0.6 is 11.6 Å². The number of hydrogen-bond acceptors (Lipinski definition) is 3. The normalized spacial score (nSPS) is 15.1. The zero-order chi connectivity index (χ0) is 23.0. The monoisotopic (exact) mass is 469 g/mol. The Kier molecular flexibility index (Phi) is 5.98. The lowest BCUT2D eigenvalue weighted by Gasteiger charge is -2.13. The zero-order valence-electron chi connectivity index (χ0n) is 17.0. The van der Waals surface area contributed by atoms with Crippen molar-refractivity contribution in [1.82, 2.24) is 19.6 Å². The van der Waals surface area contributed by atoms with Gasteiger partial charge in [-0.05, 0) is 36.6 Å². The van der Waals surface area contributed by atoms with Crippen molar-refractivity contribution in [3.63, 3.8) is 0 Å². The fourth-order valence-corrected chi connectivity index (χ4v) is 3.54. The Labute approximate surface area is 186 Å². The topological polar surface area (TPSA) is 64.7 Å². The molecule has 0 saturated heterocycles. The molecule has 170 valence electrons. The number of nitrogens with zero attached hydrogens (tertiary/aromatic N) is 4. The third-order valence-corrected chi connectivity index (χ3v) is 5.48. The number of halogens is 5. The van der Waals surface area contributed by atoms with Crippen LogP contribution in [0, 0.1) is 11.7 Å². The van der Waals surface area contributed by atoms with Gasteiger partial charge in [0.25, 0.3) is 0 Å². The molecule has 1 aliphatic rings. The van der Waals surface area contributed by atoms with Crippen LogP contribution < -0.4 is 5.32 Å². The quantitative estimate of drug-likeness (QED) is 0.490. The second-order valence-corrected chi connectivity index (χ2v) is 8.36. The van der Waals surface area contributed by atoms with Crippen molar-refractivity contribution in [3.05, 3.63) is 64.3 Å². The zero-order valence-corrected chi connectivity index (χ0v) is 17.8. The van der Waals surface area contributed by atoms with Gasteiger partial charge in [0.05, 0.1) is 19.0 Å². The van der Waals surface area contributed by atoms with Crippen molar-refractivity contribution in [2.45, 2.75) is 44.9 Å². The van der Waals surface area contributed by atoms with E-state index in [1.165, 1.54) is 27.7 Å². The summed E-state index contributed by atoms with van der Waals surface area (Å²) in [5.41, 5.74) is 0.344. The molecular weight excluding hydrogens is 450 g/mol. The van der Waals surface area contributed by atoms with E-state index in [1.807, 2.05) is 0 Å². The fourth-order valence-electron chi connectivity index (χ4n) is 3.35. The Hall–Kier alpha value is -2.88. The molecule has 0 bridgehead atoms. The average molecular weight is 470 g/mol. The van der Waals surface area contributed by atoms with Gasteiger partial charge in [0.1, 0.15) is 10.8 Å². The van der Waals surface area contributed by atoms with Crippen LogP contribution in [0.4, 0.5) is 23.4 Å². The first-order valence-electron chi connectivity index (χ1n) is 10.0. The molecule has 0 radical (unpaired) electrons. The van der Waals surface area contributed by atoms with Crippen LogP contribution in [0.15, 0.2) is 36.5 Å². The van der Waals surface area contributed by atoms with Gasteiger partial charge in [-0.3, -0.25) is 14.2 Å². The molecule has 32 heavy (non-hydrogen) atoms. The number of carbonyl (C=O) groups is 1. The molecule has 4 rings (SSSR count). The molecule has 1 N–H and O–H groups in total. The van der Waals surface area contributed by atoms with Gasteiger partial charge in [0, 0.05) is 17.8 Å². The van der Waals surface area contributed by atoms with Crippen molar-refractivity contribution < 1.29 is 22.4 Å². The van der Waals surface area contributed by atoms with Crippen LogP contribution in [0.3, 0.4) is 0 Å². The lowest BCUT2D eigenvalue weighted by molar-refractivity contribution is -0.141. The second kappa shape index (κ2) is 8.57. The maximum Gasteiger partial charge on any atom is 0.435 e. The van der Waals surface area contributed by atoms with E-state index >= 15 is 0 Å². The van der Waals surface area contributed by atoms with Crippen molar-refractivity contribution in [3.8, 4) is 0 Å². The highest BCUT2D eigenvalue weighted by Gasteiger charge is 2.38. The molecule has 1 aromatic carbocycles. The van der Waals surface area contributed by atoms with E-state index in [-0.39, 0.29) is 29.1 Å². The number of hydrogen-bond donors (Lipinski definition) is 1. The van der Waals surface area contributed by atoms with Gasteiger partial charge in [-0.25, -0.2) is 4.39 Å². The molecule has 1 atom stereocenters. The summed E-state index contributed by atoms with van der Waals surface area (Å²) in [4.78, 5) is 12.7. The minimum Gasteiger partial charge on any atom is -0.308 e. The summed E-state index contributed by atoms with van der Waals surface area (Å²) in [5, 5.41) is 10.8. The van der Waals surface area contributed by atoms with Crippen molar-refractivity contribution >= 4 is 23.3 Å². The Bertz CT molecular complexity index is 1120. The maximum absolute atomic E-state index is 13.1. The van der Waals surface area contributed by atoms with Crippen LogP contribution in [0.5, 0.6) is 0 Å². The molecule has 1 saturated carbocycles. The van der Waals surface area contributed by atoms with Gasteiger partial charge in [-0.2, -0.15) is 23.4 Å². The van der Waals surface area contributed by atoms with Gasteiger partial charge in [0.2, 0.25) is 5.91 Å². The van der Waals surface area contributed by atoms with E-state index < -0.39 is 23.7 Å². The summed E-state index contributed by atoms with van der Waals surface area (Å²) in [7, 11) is 0. The van der Waals surface area contributed by atoms with Gasteiger partial charge in [-0.15, -0.1) is 0 Å². The van der Waals surface area contributed by atoms with E-state index in [2.05, 4.69) is 15.5 Å². The summed E-state index contributed by atoms with van der Waals surface area (Å²) in [6.07, 6.45) is -1.39. The summed E-state index contributed by atoms with van der Waals surface area (Å²) in [5.74, 6) is -1.27. The van der Waals surface area contributed by atoms with Gasteiger partial charge >= 0.3 is 6.18 Å². The van der Waals surface area contributed by atoms with Crippen LogP contribution in [0.2, 0.25) is 5.02 Å². The highest BCUT2D eigenvalue weighted by Crippen LogP contribution is 2.42. The minimum absolute atomic E-state index is 0.00164. The Balaban J connectivity index is 1.43. The summed E-state index contributed by atoms with van der Waals surface area (Å²) < 4.78 is 55.0. The molecule has 2 heterocycles. The predicted octanol–water partition coefficient (Wildman–Crippen LogP) is 5.09. The molecule has 11 heteroatoms. The SMILES string of the molecule is CC(Cn1nc(C(F)(F)F)cc1C1CC1)C(=O)Nc1nn(Cc2ccc(F)cc2)cc1Cl. The first-order chi connectivity index (χ1) is 15.1. The van der Waals surface area contributed by atoms with Gasteiger partial charge in [0.15, 0.2) is 11.5 Å². The first-order valence-corrected chi connectivity index (χ1v) is 10.4. The molecule has 1 aliphatic carbocycles. The molecule has 1 amide bonds. The molecule has 2 aromatic heterocycles. The maximum atomic E-state index is 13.1. The third-order valence-electron chi connectivity index (χ3n) is 5.21. The molecular formula is C21H20ClF4N5O. The van der Waals surface area contributed by atoms with E-state index in [1.54, 1.807) is 19.1 Å². The number of anilines is 1. The molecule has 0 aliphatic heterocycles. The minimum atomic E-state index is -4.54. The largest absolute Gasteiger partial charge is 0.435 e. The summed E-state index contributed by atoms with van der Waals surface area (Å²) >= 11 is 6.17. The van der Waals surface area contributed by atoms with E-state index in [9.17, 15) is 22.4 Å². The number of carbonyl (C=O) groups excluding carboxylic acids is 1. The molecule has 1 fully saturated rings. The van der Waals surface area contributed by atoms with Crippen molar-refractivity contribution in [2.24, 2.45) is 5.92 Å². The van der Waals surface area contributed by atoms with Crippen LogP contribution in [0.1, 0.15) is 42.6 Å². The number of aromatic nitrogens is 4. The Morgan fingerprint density at radius 1 is 1.25 bits per heavy atom. The van der Waals surface area contributed by atoms with E-state index in [4.69, 9.17) is 11.6 Å². The van der Waals surface area contributed by atoms with E-state index in [0.717, 1.165) is 24.5 Å². The van der Waals surface area contributed by atoms with Crippen molar-refractivity contribution in [1.29, 1.82) is 0 Å². The lowest BCUT2D eigenvalue weighted by Crippen LogP contribution is -2.26. The van der Waals surface area contributed by atoms with Crippen LogP contribution in [-0.4, -0.2) is 25.5 Å². The number of benzene rings is 1. The molecule has 3 aromatic rings. The lowest BCUT2D eigenvalue weighted by atomic mass is 10.1. The fraction of sp³-hybridized carbons (Fsp3) is 0.381. The second-order valence-electron chi connectivity index (χ2n) is 7.95. The first kappa shape index (κ1) is 22.3. The van der Waals surface area contributed by atoms with E-state index in [0.29, 0.717) is 12.2 Å². The third kappa shape index (κ3) is 5.12. The average Bonchev–Trinajstić information content (AvgIpc) is 3.38. The predicted molar refractivity (Wildman–Crippen MR) is 110 cm³/mol. The highest BCUT2D eigenvalue weighted by atomic mass is 35.5. The number of nitrogens with one attached hydrogen (secondary N) is 1. The summed E-state index contributed by atoms with van der Waals surface area (Å²) in [6, 6.07) is 6.96. The Morgan fingerprint density at radius 3 is 2.56 bits per heavy atom. The smallest absolute Gasteiger partial charge is 0.308 e. The van der Waals surface area contributed by atoms with Gasteiger partial charge < -0.3 is 5.32 Å².